The van der Waals surface area contributed by atoms with Crippen LogP contribution in [0.1, 0.15) is 108 Å². The summed E-state index contributed by atoms with van der Waals surface area (Å²) in [6, 6.07) is 44.6. The molecule has 0 fully saturated rings. The number of unbranched alkanes of at least 4 members (excludes halogenated alkanes) is 6. The summed E-state index contributed by atoms with van der Waals surface area (Å²) in [6.45, 7) is 5.86. The van der Waals surface area contributed by atoms with Crippen molar-refractivity contribution in [2.75, 3.05) is 13.2 Å². The van der Waals surface area contributed by atoms with E-state index in [2.05, 4.69) is 23.8 Å². The molecule has 0 heterocycles. The maximum absolute atomic E-state index is 12.9. The zero-order valence-corrected chi connectivity index (χ0v) is 35.1. The number of nitrogens with zero attached hydrogens (tertiary/aromatic N) is 2. The van der Waals surface area contributed by atoms with Gasteiger partial charge in [0.2, 0.25) is 0 Å². The summed E-state index contributed by atoms with van der Waals surface area (Å²) < 4.78 is 22.9. The van der Waals surface area contributed by atoms with E-state index in [-0.39, 0.29) is 0 Å². The average Bonchev–Trinajstić information content (AvgIpc) is 3.30. The molecule has 0 bridgehead atoms. The summed E-state index contributed by atoms with van der Waals surface area (Å²) in [5.41, 5.74) is 6.32. The Bertz CT molecular complexity index is 2130. The molecule has 61 heavy (non-hydrogen) atoms. The van der Waals surface area contributed by atoms with E-state index in [0.717, 1.165) is 71.2 Å². The minimum atomic E-state index is -0.445. The second-order valence-corrected chi connectivity index (χ2v) is 14.8. The van der Waals surface area contributed by atoms with Crippen molar-refractivity contribution in [1.29, 1.82) is 0 Å². The number of carbonyl (C=O) groups excluding carboxylic acids is 2. The minimum absolute atomic E-state index is 0.433. The van der Waals surface area contributed by atoms with Crippen LogP contribution in [0.15, 0.2) is 156 Å². The normalized spacial score (nSPS) is 11.2. The number of carbonyl (C=O) groups is 2. The highest BCUT2D eigenvalue weighted by atomic mass is 16.5. The fraction of sp³-hybridized carbons (Fsp3) is 0.245. The van der Waals surface area contributed by atoms with E-state index in [9.17, 15) is 9.59 Å². The SMILES string of the molecule is CCCCCCOc1ccc(C=Nc2ccc(C(=O)Oc3ccc(Cc4ccc(OC(=O)c5ccc(N=Cc6ccc(OCCCCCC)cc6)cc5)cc4)cc3)cc2)cc1. The fourth-order valence-electron chi connectivity index (χ4n) is 6.32. The van der Waals surface area contributed by atoms with E-state index >= 15 is 0 Å². The van der Waals surface area contributed by atoms with Crippen LogP contribution in [-0.4, -0.2) is 37.6 Å². The van der Waals surface area contributed by atoms with Gasteiger partial charge < -0.3 is 18.9 Å². The van der Waals surface area contributed by atoms with Crippen molar-refractivity contribution in [2.24, 2.45) is 9.98 Å². The Kier molecular flexibility index (Phi) is 17.0. The highest BCUT2D eigenvalue weighted by Crippen LogP contribution is 2.22. The third-order valence-electron chi connectivity index (χ3n) is 9.90. The predicted octanol–water partition coefficient (Wildman–Crippen LogP) is 13.1. The van der Waals surface area contributed by atoms with Crippen molar-refractivity contribution in [3.05, 3.63) is 179 Å². The lowest BCUT2D eigenvalue weighted by Gasteiger charge is -2.08. The second kappa shape index (κ2) is 23.7. The lowest BCUT2D eigenvalue weighted by molar-refractivity contribution is 0.0725. The van der Waals surface area contributed by atoms with Crippen LogP contribution in [0.25, 0.3) is 0 Å². The summed E-state index contributed by atoms with van der Waals surface area (Å²) in [5.74, 6) is 1.73. The molecule has 0 unspecified atom stereocenters. The smallest absolute Gasteiger partial charge is 0.343 e. The molecule has 0 aliphatic rings. The molecule has 0 aliphatic carbocycles. The van der Waals surface area contributed by atoms with Crippen LogP contribution in [0.4, 0.5) is 11.4 Å². The van der Waals surface area contributed by atoms with Gasteiger partial charge in [-0.05, 0) is 163 Å². The lowest BCUT2D eigenvalue weighted by atomic mass is 10.0. The minimum Gasteiger partial charge on any atom is -0.494 e. The molecular formula is C53H54N2O6. The van der Waals surface area contributed by atoms with Crippen LogP contribution >= 0.6 is 0 Å². The molecule has 6 aromatic rings. The van der Waals surface area contributed by atoms with Crippen molar-refractivity contribution < 1.29 is 28.5 Å². The Hall–Kier alpha value is -6.80. The van der Waals surface area contributed by atoms with Gasteiger partial charge >= 0.3 is 11.9 Å². The van der Waals surface area contributed by atoms with Gasteiger partial charge in [-0.1, -0.05) is 76.6 Å². The first-order valence-corrected chi connectivity index (χ1v) is 21.3. The summed E-state index contributed by atoms with van der Waals surface area (Å²) in [4.78, 5) is 34.8. The molecule has 0 aliphatic heterocycles. The van der Waals surface area contributed by atoms with Gasteiger partial charge in [0.05, 0.1) is 35.7 Å². The van der Waals surface area contributed by atoms with Gasteiger partial charge in [-0.3, -0.25) is 9.98 Å². The maximum atomic E-state index is 12.9. The topological polar surface area (TPSA) is 95.8 Å². The van der Waals surface area contributed by atoms with Gasteiger partial charge in [-0.2, -0.15) is 0 Å². The Morgan fingerprint density at radius 2 is 0.787 bits per heavy atom. The molecule has 0 saturated carbocycles. The monoisotopic (exact) mass is 814 g/mol. The van der Waals surface area contributed by atoms with Gasteiger partial charge in [0.15, 0.2) is 0 Å². The average molecular weight is 815 g/mol. The fourth-order valence-corrected chi connectivity index (χ4v) is 6.32. The van der Waals surface area contributed by atoms with E-state index in [1.165, 1.54) is 38.5 Å². The maximum Gasteiger partial charge on any atom is 0.343 e. The van der Waals surface area contributed by atoms with Crippen LogP contribution in [0.5, 0.6) is 23.0 Å². The molecule has 6 aromatic carbocycles. The van der Waals surface area contributed by atoms with Crippen molar-refractivity contribution in [3.63, 3.8) is 0 Å². The number of hydrogen-bond acceptors (Lipinski definition) is 8. The van der Waals surface area contributed by atoms with Gasteiger partial charge in [0.25, 0.3) is 0 Å². The molecule has 0 spiro atoms. The van der Waals surface area contributed by atoms with E-state index in [4.69, 9.17) is 18.9 Å². The Balaban J connectivity index is 0.910. The number of hydrogen-bond donors (Lipinski definition) is 0. The quantitative estimate of drug-likeness (QED) is 0.0293. The van der Waals surface area contributed by atoms with Gasteiger partial charge in [-0.15, -0.1) is 0 Å². The Morgan fingerprint density at radius 3 is 1.15 bits per heavy atom. The first kappa shape index (κ1) is 43.8. The zero-order valence-electron chi connectivity index (χ0n) is 35.1. The molecule has 312 valence electrons. The summed E-state index contributed by atoms with van der Waals surface area (Å²) in [6.07, 6.45) is 13.6. The third-order valence-corrected chi connectivity index (χ3v) is 9.90. The van der Waals surface area contributed by atoms with Crippen LogP contribution in [0, 0.1) is 0 Å². The highest BCUT2D eigenvalue weighted by molar-refractivity contribution is 5.92. The molecule has 0 saturated heterocycles. The summed E-state index contributed by atoms with van der Waals surface area (Å²) in [5, 5.41) is 0. The molecule has 0 atom stereocenters. The standard InChI is InChI=1S/C53H54N2O6/c1-3-5-7-9-35-58-48-27-15-42(16-28-48)38-54-46-23-19-44(20-24-46)52(56)60-50-31-11-40(12-32-50)37-41-13-33-51(34-14-41)61-53(57)45-21-25-47(26-22-45)55-39-43-17-29-49(30-18-43)59-36-10-8-6-4-2/h11-34,38-39H,3-10,35-37H2,1-2H3. The first-order chi connectivity index (χ1) is 29.9. The molecule has 0 amide bonds. The van der Waals surface area contributed by atoms with Crippen LogP contribution < -0.4 is 18.9 Å². The molecule has 0 radical (unpaired) electrons. The van der Waals surface area contributed by atoms with E-state index in [1.807, 2.05) is 72.8 Å². The van der Waals surface area contributed by atoms with E-state index < -0.39 is 11.9 Å². The summed E-state index contributed by atoms with van der Waals surface area (Å²) in [7, 11) is 0. The molecular weight excluding hydrogens is 761 g/mol. The van der Waals surface area contributed by atoms with Crippen molar-refractivity contribution in [3.8, 4) is 23.0 Å². The third kappa shape index (κ3) is 14.8. The molecule has 0 aromatic heterocycles. The van der Waals surface area contributed by atoms with Gasteiger partial charge in [0.1, 0.15) is 23.0 Å². The van der Waals surface area contributed by atoms with E-state index in [0.29, 0.717) is 29.0 Å². The number of benzene rings is 6. The second-order valence-electron chi connectivity index (χ2n) is 14.8. The molecule has 8 heteroatoms. The lowest BCUT2D eigenvalue weighted by Crippen LogP contribution is -2.08. The van der Waals surface area contributed by atoms with E-state index in [1.54, 1.807) is 85.2 Å². The molecule has 8 nitrogen and oxygen atoms in total. The zero-order chi connectivity index (χ0) is 42.5. The van der Waals surface area contributed by atoms with Crippen molar-refractivity contribution in [2.45, 2.75) is 71.6 Å². The predicted molar refractivity (Wildman–Crippen MR) is 245 cm³/mol. The van der Waals surface area contributed by atoms with Crippen LogP contribution in [0.2, 0.25) is 0 Å². The number of aliphatic imine (C=N–C) groups is 2. The number of esters is 2. The largest absolute Gasteiger partial charge is 0.494 e. The van der Waals surface area contributed by atoms with Crippen molar-refractivity contribution in [1.82, 2.24) is 0 Å². The first-order valence-electron chi connectivity index (χ1n) is 21.3. The van der Waals surface area contributed by atoms with Gasteiger partial charge in [0, 0.05) is 12.4 Å². The molecule has 6 rings (SSSR count). The molecule has 0 N–H and O–H groups in total. The Morgan fingerprint density at radius 1 is 0.426 bits per heavy atom. The highest BCUT2D eigenvalue weighted by Gasteiger charge is 2.11. The summed E-state index contributed by atoms with van der Waals surface area (Å²) >= 11 is 0. The van der Waals surface area contributed by atoms with Crippen molar-refractivity contribution >= 4 is 35.7 Å². The Labute approximate surface area is 359 Å². The van der Waals surface area contributed by atoms with Crippen LogP contribution in [-0.2, 0) is 6.42 Å². The van der Waals surface area contributed by atoms with Crippen LogP contribution in [0.3, 0.4) is 0 Å². The number of rotatable bonds is 22. The number of ether oxygens (including phenoxy) is 4. The van der Waals surface area contributed by atoms with Gasteiger partial charge in [-0.25, -0.2) is 9.59 Å².